The van der Waals surface area contributed by atoms with Gasteiger partial charge in [0.25, 0.3) is 5.91 Å². The number of hydrogen-bond acceptors (Lipinski definition) is 4. The van der Waals surface area contributed by atoms with Crippen LogP contribution in [-0.2, 0) is 16.0 Å². The number of amidine groups is 1. The number of thioether (sulfide) groups is 1. The minimum absolute atomic E-state index is 0.0761. The molecule has 160 valence electrons. The molecule has 6 heteroatoms. The van der Waals surface area contributed by atoms with Gasteiger partial charge in [0.15, 0.2) is 5.17 Å². The summed E-state index contributed by atoms with van der Waals surface area (Å²) in [4.78, 5) is 30.7. The Morgan fingerprint density at radius 2 is 1.56 bits per heavy atom. The number of Topliss-reactive ketones (excluding diaryl/α,β-unsaturated/α-hetero) is 1. The Balaban J connectivity index is 1.50. The summed E-state index contributed by atoms with van der Waals surface area (Å²) < 4.78 is 0. The first-order valence-electron chi connectivity index (χ1n) is 10.1. The molecular formula is C26H21ClN2O2S. The summed E-state index contributed by atoms with van der Waals surface area (Å²) in [6, 6.07) is 23.3. The smallest absolute Gasteiger partial charge is 0.266 e. The summed E-state index contributed by atoms with van der Waals surface area (Å²) in [6.07, 6.45) is 2.34. The molecule has 0 bridgehead atoms. The van der Waals surface area contributed by atoms with Gasteiger partial charge < -0.3 is 0 Å². The topological polar surface area (TPSA) is 49.7 Å². The molecule has 0 N–H and O–H groups in total. The van der Waals surface area contributed by atoms with Crippen LogP contribution in [0.25, 0.3) is 17.2 Å². The van der Waals surface area contributed by atoms with E-state index in [4.69, 9.17) is 11.6 Å². The molecular weight excluding hydrogens is 440 g/mol. The zero-order valence-electron chi connectivity index (χ0n) is 17.7. The Kier molecular flexibility index (Phi) is 6.58. The van der Waals surface area contributed by atoms with Gasteiger partial charge in [-0.3, -0.25) is 14.5 Å². The van der Waals surface area contributed by atoms with Gasteiger partial charge in [0.2, 0.25) is 0 Å². The fourth-order valence-corrected chi connectivity index (χ4v) is 4.42. The minimum atomic E-state index is -0.0761. The summed E-state index contributed by atoms with van der Waals surface area (Å²) in [5.41, 5.74) is 4.86. The summed E-state index contributed by atoms with van der Waals surface area (Å²) in [5.74, 6) is 0.0781. The Hall–Kier alpha value is -3.15. The van der Waals surface area contributed by atoms with E-state index in [1.165, 1.54) is 11.8 Å². The van der Waals surface area contributed by atoms with Crippen molar-refractivity contribution in [2.75, 3.05) is 7.05 Å². The zero-order chi connectivity index (χ0) is 22.7. The van der Waals surface area contributed by atoms with Crippen molar-refractivity contribution in [2.45, 2.75) is 13.3 Å². The molecule has 1 amide bonds. The standard InChI is InChI=1S/C26H21ClN2O2S/c1-17(30)15-18-3-7-20(8-4-18)21-9-5-19(6-10-21)16-24-25(31)29(2)26(32-24)28-23-13-11-22(27)12-14-23/h3-14,16H,15H2,1-2H3/b24-16-,28-26?. The summed E-state index contributed by atoms with van der Waals surface area (Å²) in [5, 5.41) is 1.28. The van der Waals surface area contributed by atoms with Gasteiger partial charge in [0.1, 0.15) is 5.78 Å². The summed E-state index contributed by atoms with van der Waals surface area (Å²) in [6.45, 7) is 1.60. The lowest BCUT2D eigenvalue weighted by Gasteiger charge is -2.07. The van der Waals surface area contributed by atoms with Crippen LogP contribution in [0, 0.1) is 0 Å². The van der Waals surface area contributed by atoms with Crippen molar-refractivity contribution in [3.05, 3.63) is 93.9 Å². The lowest BCUT2D eigenvalue weighted by Crippen LogP contribution is -2.23. The molecule has 1 aliphatic rings. The molecule has 0 atom stereocenters. The molecule has 3 aromatic rings. The van der Waals surface area contributed by atoms with Gasteiger partial charge in [0, 0.05) is 18.5 Å². The first-order valence-corrected chi connectivity index (χ1v) is 11.3. The third kappa shape index (κ3) is 5.18. The third-order valence-corrected chi connectivity index (χ3v) is 6.32. The van der Waals surface area contributed by atoms with E-state index in [1.54, 1.807) is 31.0 Å². The maximum absolute atomic E-state index is 12.7. The second kappa shape index (κ2) is 9.55. The van der Waals surface area contributed by atoms with Crippen molar-refractivity contribution in [3.8, 4) is 11.1 Å². The third-order valence-electron chi connectivity index (χ3n) is 5.00. The van der Waals surface area contributed by atoms with Crippen LogP contribution in [-0.4, -0.2) is 28.8 Å². The van der Waals surface area contributed by atoms with Crippen molar-refractivity contribution >= 4 is 52.0 Å². The maximum atomic E-state index is 12.7. The highest BCUT2D eigenvalue weighted by atomic mass is 35.5. The number of likely N-dealkylation sites (N-methyl/N-ethyl adjacent to an activating group) is 1. The van der Waals surface area contributed by atoms with E-state index in [9.17, 15) is 9.59 Å². The maximum Gasteiger partial charge on any atom is 0.266 e. The highest BCUT2D eigenvalue weighted by molar-refractivity contribution is 8.18. The number of benzene rings is 3. The fraction of sp³-hybridized carbons (Fsp3) is 0.115. The summed E-state index contributed by atoms with van der Waals surface area (Å²) >= 11 is 7.28. The molecule has 3 aromatic carbocycles. The molecule has 4 nitrogen and oxygen atoms in total. The van der Waals surface area contributed by atoms with Crippen LogP contribution in [0.15, 0.2) is 82.7 Å². The van der Waals surface area contributed by atoms with Crippen molar-refractivity contribution in [1.82, 2.24) is 4.90 Å². The Morgan fingerprint density at radius 3 is 2.16 bits per heavy atom. The van der Waals surface area contributed by atoms with Gasteiger partial charge in [-0.15, -0.1) is 0 Å². The van der Waals surface area contributed by atoms with Crippen LogP contribution in [0.3, 0.4) is 0 Å². The molecule has 0 aromatic heterocycles. The number of aliphatic imine (C=N–C) groups is 1. The van der Waals surface area contributed by atoms with Gasteiger partial charge in [0.05, 0.1) is 10.6 Å². The van der Waals surface area contributed by atoms with Crippen molar-refractivity contribution in [1.29, 1.82) is 0 Å². The quantitative estimate of drug-likeness (QED) is 0.415. The molecule has 0 unspecified atom stereocenters. The fourth-order valence-electron chi connectivity index (χ4n) is 3.30. The van der Waals surface area contributed by atoms with Gasteiger partial charge in [-0.1, -0.05) is 60.1 Å². The van der Waals surface area contributed by atoms with E-state index in [1.807, 2.05) is 66.7 Å². The Morgan fingerprint density at radius 1 is 0.969 bits per heavy atom. The van der Waals surface area contributed by atoms with Gasteiger partial charge in [-0.2, -0.15) is 0 Å². The van der Waals surface area contributed by atoms with E-state index in [2.05, 4.69) is 4.99 Å². The number of nitrogens with zero attached hydrogens (tertiary/aromatic N) is 2. The summed E-state index contributed by atoms with van der Waals surface area (Å²) in [7, 11) is 1.73. The second-order valence-electron chi connectivity index (χ2n) is 7.54. The molecule has 32 heavy (non-hydrogen) atoms. The minimum Gasteiger partial charge on any atom is -0.300 e. The molecule has 1 saturated heterocycles. The monoisotopic (exact) mass is 460 g/mol. The number of ketones is 1. The molecule has 4 rings (SSSR count). The van der Waals surface area contributed by atoms with E-state index in [0.29, 0.717) is 21.5 Å². The van der Waals surface area contributed by atoms with Gasteiger partial charge >= 0.3 is 0 Å². The molecule has 0 spiro atoms. The zero-order valence-corrected chi connectivity index (χ0v) is 19.3. The average Bonchev–Trinajstić information content (AvgIpc) is 3.04. The SMILES string of the molecule is CC(=O)Cc1ccc(-c2ccc(/C=C3\SC(=Nc4ccc(Cl)cc4)N(C)C3=O)cc2)cc1. The van der Waals surface area contributed by atoms with Crippen molar-refractivity contribution in [3.63, 3.8) is 0 Å². The molecule has 0 saturated carbocycles. The average molecular weight is 461 g/mol. The van der Waals surface area contributed by atoms with E-state index < -0.39 is 0 Å². The lowest BCUT2D eigenvalue weighted by atomic mass is 10.0. The first-order chi connectivity index (χ1) is 15.4. The Labute approximate surface area is 196 Å². The molecule has 0 aliphatic carbocycles. The molecule has 0 radical (unpaired) electrons. The van der Waals surface area contributed by atoms with Crippen LogP contribution in [0.5, 0.6) is 0 Å². The number of hydrogen-bond donors (Lipinski definition) is 0. The van der Waals surface area contributed by atoms with E-state index in [-0.39, 0.29) is 11.7 Å². The molecule has 1 fully saturated rings. The van der Waals surface area contributed by atoms with Gasteiger partial charge in [-0.05, 0) is 71.3 Å². The van der Waals surface area contributed by atoms with Crippen molar-refractivity contribution < 1.29 is 9.59 Å². The molecule has 1 heterocycles. The van der Waals surface area contributed by atoms with Crippen molar-refractivity contribution in [2.24, 2.45) is 4.99 Å². The van der Waals surface area contributed by atoms with Gasteiger partial charge in [-0.25, -0.2) is 4.99 Å². The second-order valence-corrected chi connectivity index (χ2v) is 8.99. The first kappa shape index (κ1) is 22.1. The van der Waals surface area contributed by atoms with Crippen LogP contribution < -0.4 is 0 Å². The van der Waals surface area contributed by atoms with Crippen LogP contribution >= 0.6 is 23.4 Å². The number of carbonyl (C=O) groups excluding carboxylic acids is 2. The normalized spacial score (nSPS) is 16.2. The Bertz CT molecular complexity index is 1210. The number of halogens is 1. The largest absolute Gasteiger partial charge is 0.300 e. The van der Waals surface area contributed by atoms with E-state index in [0.717, 1.165) is 27.9 Å². The molecule has 1 aliphatic heterocycles. The van der Waals surface area contributed by atoms with Crippen LogP contribution in [0.4, 0.5) is 5.69 Å². The number of carbonyl (C=O) groups is 2. The predicted molar refractivity (Wildman–Crippen MR) is 133 cm³/mol. The number of amides is 1. The van der Waals surface area contributed by atoms with E-state index >= 15 is 0 Å². The van der Waals surface area contributed by atoms with Crippen LogP contribution in [0.1, 0.15) is 18.1 Å². The lowest BCUT2D eigenvalue weighted by molar-refractivity contribution is -0.121. The van der Waals surface area contributed by atoms with Crippen LogP contribution in [0.2, 0.25) is 5.02 Å². The number of rotatable bonds is 5. The predicted octanol–water partition coefficient (Wildman–Crippen LogP) is 6.37. The highest BCUT2D eigenvalue weighted by Crippen LogP contribution is 2.33. The highest BCUT2D eigenvalue weighted by Gasteiger charge is 2.30.